The molecule has 138 valence electrons. The van der Waals surface area contributed by atoms with Crippen molar-refractivity contribution in [3.05, 3.63) is 65.5 Å². The van der Waals surface area contributed by atoms with Gasteiger partial charge in [-0.3, -0.25) is 4.79 Å². The number of benzene rings is 2. The van der Waals surface area contributed by atoms with E-state index in [1.807, 2.05) is 13.8 Å². The molecule has 1 aliphatic heterocycles. The fourth-order valence-electron chi connectivity index (χ4n) is 2.95. The molecular formula is C19H21FN2O3S. The van der Waals surface area contributed by atoms with Gasteiger partial charge in [0.25, 0.3) is 5.91 Å². The van der Waals surface area contributed by atoms with Crippen LogP contribution in [0, 0.1) is 5.82 Å². The van der Waals surface area contributed by atoms with Crippen molar-refractivity contribution in [1.29, 1.82) is 0 Å². The highest BCUT2D eigenvalue weighted by molar-refractivity contribution is 7.89. The van der Waals surface area contributed by atoms with E-state index in [1.165, 1.54) is 28.6 Å². The van der Waals surface area contributed by atoms with Gasteiger partial charge in [0.1, 0.15) is 5.82 Å². The Labute approximate surface area is 152 Å². The number of amides is 1. The van der Waals surface area contributed by atoms with E-state index in [9.17, 15) is 17.6 Å². The molecule has 1 N–H and O–H groups in total. The van der Waals surface area contributed by atoms with Crippen LogP contribution in [-0.2, 0) is 10.0 Å². The third-order valence-corrected chi connectivity index (χ3v) is 6.25. The molecule has 0 unspecified atom stereocenters. The molecule has 1 fully saturated rings. The summed E-state index contributed by atoms with van der Waals surface area (Å²) in [5, 5.41) is 2.75. The molecule has 2 aromatic rings. The molecule has 1 amide bonds. The molecule has 2 aromatic carbocycles. The minimum Gasteiger partial charge on any atom is -0.350 e. The van der Waals surface area contributed by atoms with Gasteiger partial charge in [0.15, 0.2) is 0 Å². The predicted molar refractivity (Wildman–Crippen MR) is 96.7 cm³/mol. The highest BCUT2D eigenvalue weighted by Gasteiger charge is 2.39. The quantitative estimate of drug-likeness (QED) is 0.872. The first-order chi connectivity index (χ1) is 12.3. The van der Waals surface area contributed by atoms with Gasteiger partial charge in [-0.25, -0.2) is 12.8 Å². The standard InChI is InChI=1S/C19H21FN2O3S/c1-13(2)21-19(23)15-4-3-5-17(12-15)26(24,25)22-11-10-18(22)14-6-8-16(20)9-7-14/h3-9,12-13,18H,10-11H2,1-2H3,(H,21,23)/t18-/m1/s1. The first-order valence-electron chi connectivity index (χ1n) is 8.47. The second-order valence-electron chi connectivity index (χ2n) is 6.63. The summed E-state index contributed by atoms with van der Waals surface area (Å²) >= 11 is 0. The van der Waals surface area contributed by atoms with Crippen molar-refractivity contribution < 1.29 is 17.6 Å². The molecule has 0 aliphatic carbocycles. The van der Waals surface area contributed by atoms with Gasteiger partial charge in [-0.05, 0) is 56.2 Å². The van der Waals surface area contributed by atoms with Crippen LogP contribution in [0.4, 0.5) is 4.39 Å². The van der Waals surface area contributed by atoms with E-state index in [1.54, 1.807) is 24.3 Å². The van der Waals surface area contributed by atoms with Crippen LogP contribution in [0.1, 0.15) is 42.2 Å². The minimum atomic E-state index is -3.73. The predicted octanol–water partition coefficient (Wildman–Crippen LogP) is 3.10. The molecule has 0 bridgehead atoms. The molecule has 1 heterocycles. The number of halogens is 1. The van der Waals surface area contributed by atoms with E-state index in [0.29, 0.717) is 18.5 Å². The Hall–Kier alpha value is -2.25. The summed E-state index contributed by atoms with van der Waals surface area (Å²) < 4.78 is 40.5. The maximum absolute atomic E-state index is 13.1. The molecule has 3 rings (SSSR count). The van der Waals surface area contributed by atoms with E-state index in [0.717, 1.165) is 5.56 Å². The van der Waals surface area contributed by atoms with Crippen LogP contribution in [-0.4, -0.2) is 31.2 Å². The Morgan fingerprint density at radius 1 is 1.19 bits per heavy atom. The number of hydrogen-bond donors (Lipinski definition) is 1. The minimum absolute atomic E-state index is 0.0407. The van der Waals surface area contributed by atoms with Gasteiger partial charge in [-0.15, -0.1) is 0 Å². The molecule has 0 aromatic heterocycles. The number of sulfonamides is 1. The van der Waals surface area contributed by atoms with Crippen molar-refractivity contribution in [2.75, 3.05) is 6.54 Å². The van der Waals surface area contributed by atoms with Crippen molar-refractivity contribution in [3.8, 4) is 0 Å². The fraction of sp³-hybridized carbons (Fsp3) is 0.316. The summed E-state index contributed by atoms with van der Waals surface area (Å²) in [6.07, 6.45) is 0.679. The summed E-state index contributed by atoms with van der Waals surface area (Å²) in [5.41, 5.74) is 1.06. The van der Waals surface area contributed by atoms with Gasteiger partial charge < -0.3 is 5.32 Å². The molecule has 1 aliphatic rings. The Morgan fingerprint density at radius 3 is 2.46 bits per heavy atom. The zero-order valence-corrected chi connectivity index (χ0v) is 15.5. The maximum Gasteiger partial charge on any atom is 0.251 e. The lowest BCUT2D eigenvalue weighted by Crippen LogP contribution is -2.45. The zero-order chi connectivity index (χ0) is 18.9. The van der Waals surface area contributed by atoms with Crippen molar-refractivity contribution in [3.63, 3.8) is 0 Å². The van der Waals surface area contributed by atoms with Gasteiger partial charge in [0, 0.05) is 18.2 Å². The topological polar surface area (TPSA) is 66.5 Å². The van der Waals surface area contributed by atoms with Crippen LogP contribution < -0.4 is 5.32 Å². The molecule has 26 heavy (non-hydrogen) atoms. The molecule has 0 spiro atoms. The van der Waals surface area contributed by atoms with Crippen molar-refractivity contribution in [2.24, 2.45) is 0 Å². The smallest absolute Gasteiger partial charge is 0.251 e. The van der Waals surface area contributed by atoms with Crippen molar-refractivity contribution in [1.82, 2.24) is 9.62 Å². The Morgan fingerprint density at radius 2 is 1.88 bits per heavy atom. The first kappa shape index (κ1) is 18.5. The molecule has 0 radical (unpaired) electrons. The zero-order valence-electron chi connectivity index (χ0n) is 14.6. The molecule has 7 heteroatoms. The Balaban J connectivity index is 1.86. The largest absolute Gasteiger partial charge is 0.350 e. The summed E-state index contributed by atoms with van der Waals surface area (Å²) in [4.78, 5) is 12.2. The fourth-order valence-corrected chi connectivity index (χ4v) is 4.65. The second kappa shape index (κ2) is 7.17. The number of carbonyl (C=O) groups is 1. The summed E-state index contributed by atoms with van der Waals surface area (Å²) in [5.74, 6) is -0.665. The van der Waals surface area contributed by atoms with E-state index >= 15 is 0 Å². The van der Waals surface area contributed by atoms with Gasteiger partial charge >= 0.3 is 0 Å². The van der Waals surface area contributed by atoms with Gasteiger partial charge in [-0.1, -0.05) is 18.2 Å². The van der Waals surface area contributed by atoms with Crippen LogP contribution in [0.3, 0.4) is 0 Å². The molecule has 1 saturated heterocycles. The lowest BCUT2D eigenvalue weighted by molar-refractivity contribution is 0.0943. The van der Waals surface area contributed by atoms with E-state index in [-0.39, 0.29) is 28.7 Å². The summed E-state index contributed by atoms with van der Waals surface area (Å²) in [6, 6.07) is 11.6. The van der Waals surface area contributed by atoms with Crippen LogP contribution in [0.15, 0.2) is 53.4 Å². The number of rotatable bonds is 5. The second-order valence-corrected chi connectivity index (χ2v) is 8.52. The monoisotopic (exact) mass is 376 g/mol. The third kappa shape index (κ3) is 3.64. The van der Waals surface area contributed by atoms with Gasteiger partial charge in [0.2, 0.25) is 10.0 Å². The molecular weight excluding hydrogens is 355 g/mol. The maximum atomic E-state index is 13.1. The van der Waals surface area contributed by atoms with Crippen LogP contribution in [0.25, 0.3) is 0 Å². The average Bonchev–Trinajstić information content (AvgIpc) is 2.55. The normalized spacial score (nSPS) is 17.8. The van der Waals surface area contributed by atoms with Crippen LogP contribution >= 0.6 is 0 Å². The number of hydrogen-bond acceptors (Lipinski definition) is 3. The molecule has 1 atom stereocenters. The summed E-state index contributed by atoms with van der Waals surface area (Å²) in [7, 11) is -3.73. The van der Waals surface area contributed by atoms with E-state index < -0.39 is 10.0 Å². The lowest BCUT2D eigenvalue weighted by atomic mass is 9.98. The Kier molecular flexibility index (Phi) is 5.11. The molecule has 0 saturated carbocycles. The average molecular weight is 376 g/mol. The van der Waals surface area contributed by atoms with E-state index in [2.05, 4.69) is 5.32 Å². The third-order valence-electron chi connectivity index (χ3n) is 4.35. The highest BCUT2D eigenvalue weighted by atomic mass is 32.2. The molecule has 5 nitrogen and oxygen atoms in total. The SMILES string of the molecule is CC(C)NC(=O)c1cccc(S(=O)(=O)N2CC[C@@H]2c2ccc(F)cc2)c1. The number of carbonyl (C=O) groups excluding carboxylic acids is 1. The number of nitrogens with zero attached hydrogens (tertiary/aromatic N) is 1. The first-order valence-corrected chi connectivity index (χ1v) is 9.91. The van der Waals surface area contributed by atoms with Crippen molar-refractivity contribution in [2.45, 2.75) is 37.2 Å². The Bertz CT molecular complexity index is 911. The summed E-state index contributed by atoms with van der Waals surface area (Å²) in [6.45, 7) is 4.07. The van der Waals surface area contributed by atoms with E-state index in [4.69, 9.17) is 0 Å². The lowest BCUT2D eigenvalue weighted by Gasteiger charge is -2.40. The highest BCUT2D eigenvalue weighted by Crippen LogP contribution is 2.38. The van der Waals surface area contributed by atoms with Crippen molar-refractivity contribution >= 4 is 15.9 Å². The van der Waals surface area contributed by atoms with Crippen LogP contribution in [0.5, 0.6) is 0 Å². The number of nitrogens with one attached hydrogen (secondary N) is 1. The van der Waals surface area contributed by atoms with Gasteiger partial charge in [0.05, 0.1) is 10.9 Å². The van der Waals surface area contributed by atoms with Gasteiger partial charge in [-0.2, -0.15) is 4.31 Å². The van der Waals surface area contributed by atoms with Crippen LogP contribution in [0.2, 0.25) is 0 Å².